The lowest BCUT2D eigenvalue weighted by Crippen LogP contribution is -2.52. The van der Waals surface area contributed by atoms with Crippen LogP contribution in [0, 0.1) is 0 Å². The number of carbonyl (C=O) groups excluding carboxylic acids is 1. The van der Waals surface area contributed by atoms with Gasteiger partial charge in [0.1, 0.15) is 6.10 Å². The van der Waals surface area contributed by atoms with Crippen LogP contribution in [0.4, 0.5) is 0 Å². The molecule has 19 heavy (non-hydrogen) atoms. The summed E-state index contributed by atoms with van der Waals surface area (Å²) in [5.74, 6) is 0.203. The molecule has 3 heterocycles. The van der Waals surface area contributed by atoms with Gasteiger partial charge in [0.15, 0.2) is 0 Å². The van der Waals surface area contributed by atoms with Crippen LogP contribution in [0.15, 0.2) is 0 Å². The van der Waals surface area contributed by atoms with Gasteiger partial charge in [0, 0.05) is 45.9 Å². The van der Waals surface area contributed by atoms with E-state index >= 15 is 0 Å². The summed E-state index contributed by atoms with van der Waals surface area (Å²) < 4.78 is 11.1. The van der Waals surface area contributed by atoms with E-state index in [4.69, 9.17) is 9.47 Å². The first-order chi connectivity index (χ1) is 9.33. The summed E-state index contributed by atoms with van der Waals surface area (Å²) >= 11 is 0. The molecular formula is C14H24N2O3. The highest BCUT2D eigenvalue weighted by Gasteiger charge is 2.31. The fourth-order valence-corrected chi connectivity index (χ4v) is 3.20. The van der Waals surface area contributed by atoms with Crippen molar-refractivity contribution in [2.45, 2.75) is 37.9 Å². The predicted octanol–water partition coefficient (Wildman–Crippen LogP) is 0.489. The van der Waals surface area contributed by atoms with Crippen molar-refractivity contribution >= 4 is 5.91 Å². The molecule has 3 aliphatic heterocycles. The molecule has 5 heteroatoms. The maximum absolute atomic E-state index is 12.2. The third-order valence-corrected chi connectivity index (χ3v) is 4.37. The van der Waals surface area contributed by atoms with E-state index < -0.39 is 0 Å². The second-order valence-corrected chi connectivity index (χ2v) is 5.76. The van der Waals surface area contributed by atoms with Crippen LogP contribution in [0.3, 0.4) is 0 Å². The summed E-state index contributed by atoms with van der Waals surface area (Å²) in [6, 6.07) is 0. The molecule has 0 aromatic rings. The summed E-state index contributed by atoms with van der Waals surface area (Å²) in [7, 11) is 0. The molecule has 108 valence electrons. The largest absolute Gasteiger partial charge is 0.377 e. The minimum atomic E-state index is -0.162. The molecule has 1 amide bonds. The van der Waals surface area contributed by atoms with E-state index in [2.05, 4.69) is 4.90 Å². The van der Waals surface area contributed by atoms with Gasteiger partial charge in [-0.15, -0.1) is 0 Å². The predicted molar refractivity (Wildman–Crippen MR) is 71.0 cm³/mol. The topological polar surface area (TPSA) is 42.0 Å². The zero-order valence-electron chi connectivity index (χ0n) is 11.6. The second kappa shape index (κ2) is 6.20. The minimum absolute atomic E-state index is 0.162. The number of piperazine rings is 1. The molecule has 0 saturated carbocycles. The third kappa shape index (κ3) is 3.27. The van der Waals surface area contributed by atoms with E-state index in [1.54, 1.807) is 0 Å². The van der Waals surface area contributed by atoms with E-state index in [9.17, 15) is 4.79 Å². The SMILES string of the molecule is O=C(C1CCCO1)N1CCN(CC2CCCO2)CC1. The van der Waals surface area contributed by atoms with E-state index in [1.165, 1.54) is 12.8 Å². The Kier molecular flexibility index (Phi) is 4.35. The van der Waals surface area contributed by atoms with E-state index in [-0.39, 0.29) is 12.0 Å². The van der Waals surface area contributed by atoms with Crippen LogP contribution in [-0.4, -0.2) is 73.9 Å². The van der Waals surface area contributed by atoms with Gasteiger partial charge in [0.2, 0.25) is 0 Å². The molecule has 0 aromatic carbocycles. The first kappa shape index (κ1) is 13.3. The number of hydrogen-bond donors (Lipinski definition) is 0. The summed E-state index contributed by atoms with van der Waals surface area (Å²) in [6.07, 6.45) is 4.56. The monoisotopic (exact) mass is 268 g/mol. The molecule has 2 atom stereocenters. The summed E-state index contributed by atoms with van der Waals surface area (Å²) in [6.45, 7) is 6.31. The standard InChI is InChI=1S/C14H24N2O3/c17-14(13-4-2-10-19-13)16-7-5-15(6-8-16)11-12-3-1-9-18-12/h12-13H,1-11H2. The lowest BCUT2D eigenvalue weighted by atomic mass is 10.2. The van der Waals surface area contributed by atoms with Crippen LogP contribution in [-0.2, 0) is 14.3 Å². The quantitative estimate of drug-likeness (QED) is 0.747. The molecule has 0 radical (unpaired) electrons. The molecule has 3 saturated heterocycles. The summed E-state index contributed by atoms with van der Waals surface area (Å²) in [5.41, 5.74) is 0. The van der Waals surface area contributed by atoms with Gasteiger partial charge in [-0.25, -0.2) is 0 Å². The Morgan fingerprint density at radius 2 is 1.74 bits per heavy atom. The average Bonchev–Trinajstić information content (AvgIpc) is 3.12. The van der Waals surface area contributed by atoms with Gasteiger partial charge in [-0.05, 0) is 25.7 Å². The molecule has 0 aromatic heterocycles. The van der Waals surface area contributed by atoms with Crippen molar-refractivity contribution in [2.24, 2.45) is 0 Å². The van der Waals surface area contributed by atoms with Gasteiger partial charge in [0.25, 0.3) is 5.91 Å². The zero-order valence-corrected chi connectivity index (χ0v) is 11.6. The molecule has 2 unspecified atom stereocenters. The summed E-state index contributed by atoms with van der Waals surface area (Å²) in [4.78, 5) is 16.6. The van der Waals surface area contributed by atoms with E-state index in [0.717, 1.165) is 58.8 Å². The molecule has 0 aliphatic carbocycles. The van der Waals surface area contributed by atoms with Gasteiger partial charge in [-0.2, -0.15) is 0 Å². The van der Waals surface area contributed by atoms with Gasteiger partial charge in [0.05, 0.1) is 6.10 Å². The highest BCUT2D eigenvalue weighted by atomic mass is 16.5. The van der Waals surface area contributed by atoms with Crippen molar-refractivity contribution in [3.8, 4) is 0 Å². The van der Waals surface area contributed by atoms with E-state index in [0.29, 0.717) is 6.10 Å². The average molecular weight is 268 g/mol. The number of rotatable bonds is 3. The van der Waals surface area contributed by atoms with Crippen LogP contribution in [0.1, 0.15) is 25.7 Å². The maximum Gasteiger partial charge on any atom is 0.251 e. The number of ether oxygens (including phenoxy) is 2. The Bertz CT molecular complexity index is 304. The lowest BCUT2D eigenvalue weighted by molar-refractivity contribution is -0.142. The van der Waals surface area contributed by atoms with Gasteiger partial charge < -0.3 is 14.4 Å². The van der Waals surface area contributed by atoms with Crippen LogP contribution in [0.5, 0.6) is 0 Å². The van der Waals surface area contributed by atoms with Gasteiger partial charge in [-0.1, -0.05) is 0 Å². The van der Waals surface area contributed by atoms with Crippen molar-refractivity contribution in [3.63, 3.8) is 0 Å². The molecule has 0 spiro atoms. The molecule has 5 nitrogen and oxygen atoms in total. The third-order valence-electron chi connectivity index (χ3n) is 4.37. The Labute approximate surface area is 114 Å². The van der Waals surface area contributed by atoms with Crippen molar-refractivity contribution in [3.05, 3.63) is 0 Å². The van der Waals surface area contributed by atoms with Crippen molar-refractivity contribution in [2.75, 3.05) is 45.9 Å². The molecule has 3 rings (SSSR count). The van der Waals surface area contributed by atoms with Crippen LogP contribution < -0.4 is 0 Å². The number of carbonyl (C=O) groups is 1. The number of amides is 1. The van der Waals surface area contributed by atoms with E-state index in [1.807, 2.05) is 4.90 Å². The fraction of sp³-hybridized carbons (Fsp3) is 0.929. The van der Waals surface area contributed by atoms with Crippen molar-refractivity contribution < 1.29 is 14.3 Å². The molecule has 0 bridgehead atoms. The highest BCUT2D eigenvalue weighted by Crippen LogP contribution is 2.17. The number of hydrogen-bond acceptors (Lipinski definition) is 4. The fourth-order valence-electron chi connectivity index (χ4n) is 3.20. The second-order valence-electron chi connectivity index (χ2n) is 5.76. The first-order valence-corrected chi connectivity index (χ1v) is 7.57. The van der Waals surface area contributed by atoms with Crippen LogP contribution >= 0.6 is 0 Å². The van der Waals surface area contributed by atoms with Crippen molar-refractivity contribution in [1.82, 2.24) is 9.80 Å². The lowest BCUT2D eigenvalue weighted by Gasteiger charge is -2.36. The van der Waals surface area contributed by atoms with Gasteiger partial charge in [-0.3, -0.25) is 9.69 Å². The van der Waals surface area contributed by atoms with Crippen LogP contribution in [0.25, 0.3) is 0 Å². The molecule has 3 fully saturated rings. The maximum atomic E-state index is 12.2. The normalized spacial score (nSPS) is 32.9. The molecular weight excluding hydrogens is 244 g/mol. The Morgan fingerprint density at radius 1 is 1.00 bits per heavy atom. The Morgan fingerprint density at radius 3 is 2.37 bits per heavy atom. The Balaban J connectivity index is 1.42. The van der Waals surface area contributed by atoms with Crippen LogP contribution in [0.2, 0.25) is 0 Å². The number of nitrogens with zero attached hydrogens (tertiary/aromatic N) is 2. The Hall–Kier alpha value is -0.650. The summed E-state index contributed by atoms with van der Waals surface area (Å²) in [5, 5.41) is 0. The molecule has 3 aliphatic rings. The van der Waals surface area contributed by atoms with Gasteiger partial charge >= 0.3 is 0 Å². The minimum Gasteiger partial charge on any atom is -0.377 e. The smallest absolute Gasteiger partial charge is 0.251 e. The highest BCUT2D eigenvalue weighted by molar-refractivity contribution is 5.81. The zero-order chi connectivity index (χ0) is 13.1. The molecule has 0 N–H and O–H groups in total. The van der Waals surface area contributed by atoms with Crippen molar-refractivity contribution in [1.29, 1.82) is 0 Å². The first-order valence-electron chi connectivity index (χ1n) is 7.57.